The third kappa shape index (κ3) is 5.09. The number of hydrogen-bond acceptors (Lipinski definition) is 4. The first-order valence-electron chi connectivity index (χ1n) is 8.93. The highest BCUT2D eigenvalue weighted by atomic mass is 19.1. The van der Waals surface area contributed by atoms with Crippen LogP contribution in [0.1, 0.15) is 0 Å². The van der Waals surface area contributed by atoms with E-state index >= 15 is 0 Å². The zero-order valence-electron chi connectivity index (χ0n) is 15.0. The average Bonchev–Trinajstić information content (AvgIpc) is 2.68. The van der Waals surface area contributed by atoms with Crippen LogP contribution in [0.3, 0.4) is 0 Å². The van der Waals surface area contributed by atoms with Crippen LogP contribution >= 0.6 is 0 Å². The lowest BCUT2D eigenvalue weighted by molar-refractivity contribution is -0.903. The molecular formula is C20H26FN2O3+. The Morgan fingerprint density at radius 3 is 2.50 bits per heavy atom. The summed E-state index contributed by atoms with van der Waals surface area (Å²) in [5.41, 5.74) is 1.05. The smallest absolute Gasteiger partial charge is 0.137 e. The van der Waals surface area contributed by atoms with E-state index in [-0.39, 0.29) is 12.4 Å². The molecule has 0 bridgehead atoms. The second-order valence-corrected chi connectivity index (χ2v) is 6.56. The third-order valence-electron chi connectivity index (χ3n) is 4.67. The molecule has 1 atom stereocenters. The highest BCUT2D eigenvalue weighted by Gasteiger charge is 2.22. The second kappa shape index (κ2) is 8.87. The zero-order valence-corrected chi connectivity index (χ0v) is 15.0. The minimum Gasteiger partial charge on any atom is -0.497 e. The summed E-state index contributed by atoms with van der Waals surface area (Å²) in [4.78, 5) is 3.60. The average molecular weight is 361 g/mol. The van der Waals surface area contributed by atoms with Crippen molar-refractivity contribution in [3.8, 4) is 11.5 Å². The van der Waals surface area contributed by atoms with Crippen molar-refractivity contribution in [2.24, 2.45) is 0 Å². The van der Waals surface area contributed by atoms with Crippen LogP contribution in [0.4, 0.5) is 10.1 Å². The summed E-state index contributed by atoms with van der Waals surface area (Å²) < 4.78 is 23.9. The summed E-state index contributed by atoms with van der Waals surface area (Å²) in [6, 6.07) is 14.0. The van der Waals surface area contributed by atoms with E-state index in [1.807, 2.05) is 30.3 Å². The molecule has 0 aromatic heterocycles. The number of hydrogen-bond donors (Lipinski definition) is 2. The van der Waals surface area contributed by atoms with Gasteiger partial charge in [0.25, 0.3) is 0 Å². The van der Waals surface area contributed by atoms with Crippen molar-refractivity contribution in [1.82, 2.24) is 0 Å². The van der Waals surface area contributed by atoms with Crippen LogP contribution in [-0.4, -0.2) is 57.7 Å². The fourth-order valence-corrected chi connectivity index (χ4v) is 3.21. The molecule has 2 N–H and O–H groups in total. The molecule has 0 spiro atoms. The number of rotatable bonds is 7. The Balaban J connectivity index is 1.41. The fraction of sp³-hybridized carbons (Fsp3) is 0.400. The van der Waals surface area contributed by atoms with Gasteiger partial charge >= 0.3 is 0 Å². The zero-order chi connectivity index (χ0) is 18.4. The number of piperazine rings is 1. The standard InChI is InChI=1S/C20H25FN2O3/c1-25-19-3-2-4-20(13-19)26-15-18(24)14-22-9-11-23(12-10-22)17-7-5-16(21)6-8-17/h2-8,13,18,24H,9-12,14-15H2,1H3/p+1. The highest BCUT2D eigenvalue weighted by Crippen LogP contribution is 2.19. The largest absolute Gasteiger partial charge is 0.497 e. The van der Waals surface area contributed by atoms with Crippen LogP contribution in [0.25, 0.3) is 0 Å². The summed E-state index contributed by atoms with van der Waals surface area (Å²) in [7, 11) is 1.61. The van der Waals surface area contributed by atoms with E-state index in [4.69, 9.17) is 9.47 Å². The molecule has 1 fully saturated rings. The molecule has 0 aliphatic carbocycles. The highest BCUT2D eigenvalue weighted by molar-refractivity contribution is 5.46. The molecule has 0 saturated carbocycles. The lowest BCUT2D eigenvalue weighted by atomic mass is 10.2. The summed E-state index contributed by atoms with van der Waals surface area (Å²) in [6.45, 7) is 4.58. The Morgan fingerprint density at radius 1 is 1.12 bits per heavy atom. The molecule has 2 aromatic rings. The maximum Gasteiger partial charge on any atom is 0.137 e. The monoisotopic (exact) mass is 361 g/mol. The molecule has 1 unspecified atom stereocenters. The van der Waals surface area contributed by atoms with Gasteiger partial charge in [-0.3, -0.25) is 0 Å². The normalized spacial score (nSPS) is 16.3. The maximum atomic E-state index is 13.0. The topological polar surface area (TPSA) is 46.4 Å². The Morgan fingerprint density at radius 2 is 1.81 bits per heavy atom. The second-order valence-electron chi connectivity index (χ2n) is 6.56. The molecule has 3 rings (SSSR count). The van der Waals surface area contributed by atoms with Gasteiger partial charge in [0.2, 0.25) is 0 Å². The molecule has 1 heterocycles. The van der Waals surface area contributed by atoms with Gasteiger partial charge in [0.05, 0.1) is 33.3 Å². The molecule has 1 saturated heterocycles. The van der Waals surface area contributed by atoms with E-state index < -0.39 is 6.10 Å². The van der Waals surface area contributed by atoms with E-state index in [0.29, 0.717) is 12.3 Å². The number of halogens is 1. The van der Waals surface area contributed by atoms with Crippen molar-refractivity contribution in [3.63, 3.8) is 0 Å². The van der Waals surface area contributed by atoms with Crippen LogP contribution in [0.5, 0.6) is 11.5 Å². The third-order valence-corrected chi connectivity index (χ3v) is 4.67. The molecule has 0 amide bonds. The van der Waals surface area contributed by atoms with Crippen molar-refractivity contribution in [3.05, 3.63) is 54.3 Å². The van der Waals surface area contributed by atoms with Gasteiger partial charge < -0.3 is 24.4 Å². The Labute approximate surface area is 153 Å². The number of aliphatic hydroxyl groups excluding tert-OH is 1. The van der Waals surface area contributed by atoms with Crippen molar-refractivity contribution in [2.45, 2.75) is 6.10 Å². The number of quaternary nitrogens is 1. The van der Waals surface area contributed by atoms with Crippen molar-refractivity contribution in [1.29, 1.82) is 0 Å². The van der Waals surface area contributed by atoms with Crippen LogP contribution in [0.15, 0.2) is 48.5 Å². The van der Waals surface area contributed by atoms with E-state index in [0.717, 1.165) is 37.6 Å². The number of nitrogens with one attached hydrogen (secondary N) is 1. The molecule has 1 aliphatic rings. The van der Waals surface area contributed by atoms with Crippen molar-refractivity contribution < 1.29 is 23.9 Å². The fourth-order valence-electron chi connectivity index (χ4n) is 3.21. The number of nitrogens with zero attached hydrogens (tertiary/aromatic N) is 1. The molecule has 140 valence electrons. The predicted octanol–water partition coefficient (Wildman–Crippen LogP) is 0.979. The maximum absolute atomic E-state index is 13.0. The lowest BCUT2D eigenvalue weighted by Gasteiger charge is -2.34. The SMILES string of the molecule is COc1cccc(OCC(O)C[NH+]2CCN(c3ccc(F)cc3)CC2)c1. The Hall–Kier alpha value is -2.31. The van der Waals surface area contributed by atoms with E-state index in [1.54, 1.807) is 13.2 Å². The Bertz CT molecular complexity index is 688. The van der Waals surface area contributed by atoms with Gasteiger partial charge in [0, 0.05) is 11.8 Å². The van der Waals surface area contributed by atoms with Gasteiger partial charge in [0.15, 0.2) is 0 Å². The summed E-state index contributed by atoms with van der Waals surface area (Å²) in [5, 5.41) is 10.3. The van der Waals surface area contributed by atoms with Crippen LogP contribution in [0, 0.1) is 5.82 Å². The predicted molar refractivity (Wildman–Crippen MR) is 98.7 cm³/mol. The first-order valence-corrected chi connectivity index (χ1v) is 8.93. The van der Waals surface area contributed by atoms with Gasteiger partial charge in [-0.2, -0.15) is 0 Å². The van der Waals surface area contributed by atoms with E-state index in [1.165, 1.54) is 17.0 Å². The van der Waals surface area contributed by atoms with Gasteiger partial charge in [-0.25, -0.2) is 4.39 Å². The molecule has 26 heavy (non-hydrogen) atoms. The van der Waals surface area contributed by atoms with Gasteiger partial charge in [-0.15, -0.1) is 0 Å². The number of anilines is 1. The van der Waals surface area contributed by atoms with Crippen molar-refractivity contribution in [2.75, 3.05) is 51.3 Å². The molecule has 5 nitrogen and oxygen atoms in total. The Kier molecular flexibility index (Phi) is 6.30. The number of benzene rings is 2. The van der Waals surface area contributed by atoms with Gasteiger partial charge in [0.1, 0.15) is 36.6 Å². The van der Waals surface area contributed by atoms with Crippen LogP contribution < -0.4 is 19.3 Å². The van der Waals surface area contributed by atoms with E-state index in [9.17, 15) is 9.50 Å². The molecule has 2 aromatic carbocycles. The number of methoxy groups -OCH3 is 1. The number of aliphatic hydroxyl groups is 1. The summed E-state index contributed by atoms with van der Waals surface area (Å²) >= 11 is 0. The van der Waals surface area contributed by atoms with Crippen molar-refractivity contribution >= 4 is 5.69 Å². The van der Waals surface area contributed by atoms with E-state index in [2.05, 4.69) is 4.90 Å². The quantitative estimate of drug-likeness (QED) is 0.772. The molecule has 0 radical (unpaired) electrons. The van der Waals surface area contributed by atoms with Crippen LogP contribution in [-0.2, 0) is 0 Å². The summed E-state index contributed by atoms with van der Waals surface area (Å²) in [5.74, 6) is 1.22. The minimum absolute atomic E-state index is 0.211. The minimum atomic E-state index is -0.520. The lowest BCUT2D eigenvalue weighted by Crippen LogP contribution is -3.16. The molecule has 6 heteroatoms. The molecule has 1 aliphatic heterocycles. The van der Waals surface area contributed by atoms with Gasteiger partial charge in [-0.1, -0.05) is 6.07 Å². The first kappa shape index (κ1) is 18.5. The summed E-state index contributed by atoms with van der Waals surface area (Å²) in [6.07, 6.45) is -0.520. The molecular weight excluding hydrogens is 335 g/mol. The van der Waals surface area contributed by atoms with Gasteiger partial charge in [-0.05, 0) is 36.4 Å². The first-order chi connectivity index (χ1) is 12.6. The number of ether oxygens (including phenoxy) is 2. The van der Waals surface area contributed by atoms with Crippen LogP contribution in [0.2, 0.25) is 0 Å².